The predicted octanol–water partition coefficient (Wildman–Crippen LogP) is 4.90. The maximum atomic E-state index is 11.4. The molecule has 0 radical (unpaired) electrons. The Bertz CT molecular complexity index is 213. The summed E-state index contributed by atoms with van der Waals surface area (Å²) in [6, 6.07) is 0. The van der Waals surface area contributed by atoms with E-state index in [-0.39, 0.29) is 5.78 Å². The van der Waals surface area contributed by atoms with Crippen LogP contribution < -0.4 is 0 Å². The van der Waals surface area contributed by atoms with Gasteiger partial charge >= 0.3 is 0 Å². The van der Waals surface area contributed by atoms with Crippen molar-refractivity contribution in [2.24, 2.45) is 0 Å². The van der Waals surface area contributed by atoms with Crippen LogP contribution in [0.1, 0.15) is 85.5 Å². The fourth-order valence-corrected chi connectivity index (χ4v) is 1.99. The molecule has 0 fully saturated rings. The first-order valence-corrected chi connectivity index (χ1v) is 7.71. The summed E-state index contributed by atoms with van der Waals surface area (Å²) < 4.78 is 5.74. The molecule has 0 spiro atoms. The van der Waals surface area contributed by atoms with Crippen LogP contribution in [0.2, 0.25) is 0 Å². The fourth-order valence-electron chi connectivity index (χ4n) is 1.99. The minimum Gasteiger partial charge on any atom is -0.368 e. The van der Waals surface area contributed by atoms with E-state index in [0.29, 0.717) is 0 Å². The smallest absolute Gasteiger partial charge is 0.161 e. The summed E-state index contributed by atoms with van der Waals surface area (Å²) in [5, 5.41) is 0. The van der Waals surface area contributed by atoms with Gasteiger partial charge in [-0.15, -0.1) is 0 Å². The Morgan fingerprint density at radius 1 is 0.944 bits per heavy atom. The first-order chi connectivity index (χ1) is 8.56. The molecule has 0 N–H and O–H groups in total. The molecule has 18 heavy (non-hydrogen) atoms. The number of carbonyl (C=O) groups is 1. The molecule has 0 heterocycles. The summed E-state index contributed by atoms with van der Waals surface area (Å²) in [4.78, 5) is 11.4. The van der Waals surface area contributed by atoms with E-state index in [4.69, 9.17) is 4.74 Å². The van der Waals surface area contributed by atoms with Crippen molar-refractivity contribution in [1.29, 1.82) is 0 Å². The highest BCUT2D eigenvalue weighted by atomic mass is 16.5. The predicted molar refractivity (Wildman–Crippen MR) is 77.9 cm³/mol. The standard InChI is InChI=1S/C16H32O2/c1-5-7-8-9-10-11-12-13-14-18-16(4,6-2)15(3)17/h5-14H2,1-4H3. The minimum absolute atomic E-state index is 0.143. The highest BCUT2D eigenvalue weighted by Gasteiger charge is 2.27. The Balaban J connectivity index is 3.42. The molecule has 2 heteroatoms. The molecule has 0 aliphatic rings. The van der Waals surface area contributed by atoms with Crippen LogP contribution in [0.25, 0.3) is 0 Å². The molecule has 0 aliphatic carbocycles. The van der Waals surface area contributed by atoms with E-state index in [1.165, 1.54) is 44.9 Å². The maximum absolute atomic E-state index is 11.4. The van der Waals surface area contributed by atoms with E-state index in [9.17, 15) is 4.79 Å². The summed E-state index contributed by atoms with van der Waals surface area (Å²) >= 11 is 0. The molecular weight excluding hydrogens is 224 g/mol. The summed E-state index contributed by atoms with van der Waals surface area (Å²) in [5.41, 5.74) is -0.554. The Kier molecular flexibility index (Phi) is 10.3. The average Bonchev–Trinajstić information content (AvgIpc) is 2.36. The third-order valence-corrected chi connectivity index (χ3v) is 3.84. The second kappa shape index (κ2) is 10.5. The topological polar surface area (TPSA) is 26.3 Å². The van der Waals surface area contributed by atoms with Gasteiger partial charge in [0.15, 0.2) is 5.78 Å². The van der Waals surface area contributed by atoms with Gasteiger partial charge in [0.2, 0.25) is 0 Å². The van der Waals surface area contributed by atoms with Crippen molar-refractivity contribution in [3.8, 4) is 0 Å². The van der Waals surface area contributed by atoms with E-state index in [1.807, 2.05) is 13.8 Å². The lowest BCUT2D eigenvalue weighted by Gasteiger charge is -2.25. The van der Waals surface area contributed by atoms with Crippen molar-refractivity contribution >= 4 is 5.78 Å². The third-order valence-electron chi connectivity index (χ3n) is 3.84. The molecule has 1 atom stereocenters. The van der Waals surface area contributed by atoms with Gasteiger partial charge < -0.3 is 4.74 Å². The second-order valence-electron chi connectivity index (χ2n) is 5.46. The van der Waals surface area contributed by atoms with Crippen LogP contribution in [-0.4, -0.2) is 18.0 Å². The molecule has 0 rings (SSSR count). The van der Waals surface area contributed by atoms with Gasteiger partial charge in [-0.05, 0) is 26.7 Å². The lowest BCUT2D eigenvalue weighted by Crippen LogP contribution is -2.36. The van der Waals surface area contributed by atoms with E-state index in [1.54, 1.807) is 6.92 Å². The van der Waals surface area contributed by atoms with Gasteiger partial charge in [0.1, 0.15) is 5.60 Å². The molecule has 0 saturated heterocycles. The quantitative estimate of drug-likeness (QED) is 0.464. The molecule has 0 bridgehead atoms. The number of hydrogen-bond donors (Lipinski definition) is 0. The zero-order valence-corrected chi connectivity index (χ0v) is 12.9. The highest BCUT2D eigenvalue weighted by molar-refractivity contribution is 5.84. The van der Waals surface area contributed by atoms with Crippen LogP contribution in [0.5, 0.6) is 0 Å². The van der Waals surface area contributed by atoms with Crippen LogP contribution >= 0.6 is 0 Å². The van der Waals surface area contributed by atoms with Crippen molar-refractivity contribution in [2.45, 2.75) is 91.1 Å². The molecular formula is C16H32O2. The Labute approximate surface area is 113 Å². The number of Topliss-reactive ketones (excluding diaryl/α,β-unsaturated/α-hetero) is 1. The number of ketones is 1. The van der Waals surface area contributed by atoms with Crippen LogP contribution in [-0.2, 0) is 9.53 Å². The maximum Gasteiger partial charge on any atom is 0.161 e. The largest absolute Gasteiger partial charge is 0.368 e. The van der Waals surface area contributed by atoms with Gasteiger partial charge in [-0.25, -0.2) is 0 Å². The van der Waals surface area contributed by atoms with Gasteiger partial charge in [0.05, 0.1) is 0 Å². The second-order valence-corrected chi connectivity index (χ2v) is 5.46. The zero-order chi connectivity index (χ0) is 13.9. The van der Waals surface area contributed by atoms with Gasteiger partial charge in [-0.2, -0.15) is 0 Å². The first kappa shape index (κ1) is 17.6. The molecule has 0 amide bonds. The Morgan fingerprint density at radius 2 is 1.44 bits per heavy atom. The molecule has 0 aromatic heterocycles. The number of ether oxygens (including phenoxy) is 1. The molecule has 0 aliphatic heterocycles. The summed E-state index contributed by atoms with van der Waals surface area (Å²) in [6.07, 6.45) is 11.2. The SMILES string of the molecule is CCCCCCCCCCOC(C)(CC)C(C)=O. The molecule has 108 valence electrons. The van der Waals surface area contributed by atoms with Gasteiger partial charge in [-0.3, -0.25) is 4.79 Å². The summed E-state index contributed by atoms with van der Waals surface area (Å²) in [7, 11) is 0. The number of hydrogen-bond acceptors (Lipinski definition) is 2. The molecule has 2 nitrogen and oxygen atoms in total. The van der Waals surface area contributed by atoms with E-state index in [2.05, 4.69) is 6.92 Å². The van der Waals surface area contributed by atoms with E-state index in [0.717, 1.165) is 19.4 Å². The van der Waals surface area contributed by atoms with Crippen molar-refractivity contribution in [3.05, 3.63) is 0 Å². The lowest BCUT2D eigenvalue weighted by molar-refractivity contribution is -0.140. The van der Waals surface area contributed by atoms with E-state index < -0.39 is 5.60 Å². The van der Waals surface area contributed by atoms with Crippen LogP contribution in [0.4, 0.5) is 0 Å². The van der Waals surface area contributed by atoms with Crippen molar-refractivity contribution < 1.29 is 9.53 Å². The number of unbranched alkanes of at least 4 members (excludes halogenated alkanes) is 7. The molecule has 1 unspecified atom stereocenters. The molecule has 0 aromatic carbocycles. The van der Waals surface area contributed by atoms with Crippen LogP contribution in [0.15, 0.2) is 0 Å². The minimum atomic E-state index is -0.554. The normalized spacial score (nSPS) is 14.4. The highest BCUT2D eigenvalue weighted by Crippen LogP contribution is 2.17. The molecule has 0 saturated carbocycles. The summed E-state index contributed by atoms with van der Waals surface area (Å²) in [5.74, 6) is 0.143. The monoisotopic (exact) mass is 256 g/mol. The first-order valence-electron chi connectivity index (χ1n) is 7.71. The zero-order valence-electron chi connectivity index (χ0n) is 12.9. The van der Waals surface area contributed by atoms with Crippen molar-refractivity contribution in [3.63, 3.8) is 0 Å². The van der Waals surface area contributed by atoms with Crippen molar-refractivity contribution in [2.75, 3.05) is 6.61 Å². The van der Waals surface area contributed by atoms with Gasteiger partial charge in [0, 0.05) is 6.61 Å². The average molecular weight is 256 g/mol. The van der Waals surface area contributed by atoms with Gasteiger partial charge in [-0.1, -0.05) is 58.8 Å². The number of carbonyl (C=O) groups excluding carboxylic acids is 1. The van der Waals surface area contributed by atoms with E-state index >= 15 is 0 Å². The Morgan fingerprint density at radius 3 is 1.89 bits per heavy atom. The van der Waals surface area contributed by atoms with Crippen LogP contribution in [0.3, 0.4) is 0 Å². The Hall–Kier alpha value is -0.370. The molecule has 0 aromatic rings. The lowest BCUT2D eigenvalue weighted by atomic mass is 9.98. The third kappa shape index (κ3) is 7.86. The number of rotatable bonds is 12. The van der Waals surface area contributed by atoms with Gasteiger partial charge in [0.25, 0.3) is 0 Å². The van der Waals surface area contributed by atoms with Crippen LogP contribution in [0, 0.1) is 0 Å². The van der Waals surface area contributed by atoms with Crippen molar-refractivity contribution in [1.82, 2.24) is 0 Å². The fraction of sp³-hybridized carbons (Fsp3) is 0.938. The summed E-state index contributed by atoms with van der Waals surface area (Å²) in [6.45, 7) is 8.50.